The van der Waals surface area contributed by atoms with Gasteiger partial charge >= 0.3 is 6.09 Å². The monoisotopic (exact) mass is 413 g/mol. The van der Waals surface area contributed by atoms with E-state index < -0.39 is 33.7 Å². The Bertz CT molecular complexity index is 785. The van der Waals surface area contributed by atoms with E-state index in [4.69, 9.17) is 4.74 Å². The van der Waals surface area contributed by atoms with Gasteiger partial charge in [-0.05, 0) is 52.7 Å². The Balaban J connectivity index is 2.70. The number of hydrogen-bond donors (Lipinski definition) is 3. The maximum Gasteiger partial charge on any atom is 0.408 e. The predicted octanol–water partition coefficient (Wildman–Crippen LogP) is 2.04. The summed E-state index contributed by atoms with van der Waals surface area (Å²) in [5, 5.41) is 5.18. The molecule has 8 nitrogen and oxygen atoms in total. The number of sulfonamides is 1. The van der Waals surface area contributed by atoms with Gasteiger partial charge in [-0.15, -0.1) is 0 Å². The van der Waals surface area contributed by atoms with Crippen molar-refractivity contribution in [2.75, 3.05) is 0 Å². The zero-order chi connectivity index (χ0) is 21.5. The summed E-state index contributed by atoms with van der Waals surface area (Å²) < 4.78 is 32.0. The number of benzene rings is 1. The second-order valence-corrected chi connectivity index (χ2v) is 9.64. The molecule has 1 aromatic carbocycles. The van der Waals surface area contributed by atoms with Crippen molar-refractivity contribution in [3.63, 3.8) is 0 Å². The molecule has 0 saturated heterocycles. The van der Waals surface area contributed by atoms with Gasteiger partial charge in [-0.3, -0.25) is 4.79 Å². The molecule has 28 heavy (non-hydrogen) atoms. The summed E-state index contributed by atoms with van der Waals surface area (Å²) in [6, 6.07) is 5.99. The topological polar surface area (TPSA) is 114 Å². The molecular weight excluding hydrogens is 382 g/mol. The third-order valence-corrected chi connectivity index (χ3v) is 4.98. The fraction of sp³-hybridized carbons (Fsp3) is 0.579. The zero-order valence-corrected chi connectivity index (χ0v) is 18.1. The van der Waals surface area contributed by atoms with Crippen molar-refractivity contribution in [3.05, 3.63) is 35.4 Å². The molecule has 0 bridgehead atoms. The minimum atomic E-state index is -3.48. The number of nitrogens with one attached hydrogen (secondary N) is 3. The molecule has 2 amide bonds. The highest BCUT2D eigenvalue weighted by atomic mass is 32.2. The summed E-state index contributed by atoms with van der Waals surface area (Å²) >= 11 is 0. The van der Waals surface area contributed by atoms with Crippen molar-refractivity contribution in [2.24, 2.45) is 0 Å². The highest BCUT2D eigenvalue weighted by Gasteiger charge is 2.21. The molecule has 158 valence electrons. The van der Waals surface area contributed by atoms with Gasteiger partial charge < -0.3 is 15.4 Å². The van der Waals surface area contributed by atoms with Gasteiger partial charge in [-0.1, -0.05) is 24.3 Å². The van der Waals surface area contributed by atoms with Crippen LogP contribution < -0.4 is 15.4 Å². The SMILES string of the molecule is CC(C)NS(=O)(=O)Cc1ccccc1CNC(=O)C(C)NC(=O)OC(C)(C)C. The lowest BCUT2D eigenvalue weighted by Crippen LogP contribution is -2.46. The molecule has 9 heteroatoms. The maximum absolute atomic E-state index is 12.2. The van der Waals surface area contributed by atoms with Gasteiger partial charge in [0.25, 0.3) is 0 Å². The molecule has 1 aromatic rings. The molecule has 0 aliphatic rings. The number of carbonyl (C=O) groups is 2. The Morgan fingerprint density at radius 3 is 2.18 bits per heavy atom. The number of alkyl carbamates (subject to hydrolysis) is 1. The standard InChI is InChI=1S/C19H31N3O5S/c1-13(2)22-28(25,26)12-16-10-8-7-9-15(16)11-20-17(23)14(3)21-18(24)27-19(4,5)6/h7-10,13-14,22H,11-12H2,1-6H3,(H,20,23)(H,21,24). The van der Waals surface area contributed by atoms with Crippen molar-refractivity contribution in [1.29, 1.82) is 0 Å². The Labute approximate surface area is 167 Å². The summed E-state index contributed by atoms with van der Waals surface area (Å²) in [5.41, 5.74) is 0.632. The predicted molar refractivity (Wildman–Crippen MR) is 108 cm³/mol. The van der Waals surface area contributed by atoms with E-state index in [0.717, 1.165) is 0 Å². The van der Waals surface area contributed by atoms with Crippen LogP contribution in [0.2, 0.25) is 0 Å². The summed E-state index contributed by atoms with van der Waals surface area (Å²) in [7, 11) is -3.48. The molecule has 3 N–H and O–H groups in total. The van der Waals surface area contributed by atoms with Crippen LogP contribution in [0.3, 0.4) is 0 Å². The fourth-order valence-corrected chi connectivity index (χ4v) is 3.85. The fourth-order valence-electron chi connectivity index (χ4n) is 2.36. The van der Waals surface area contributed by atoms with Gasteiger partial charge in [-0.2, -0.15) is 0 Å². The third-order valence-electron chi connectivity index (χ3n) is 3.46. The van der Waals surface area contributed by atoms with E-state index in [9.17, 15) is 18.0 Å². The summed E-state index contributed by atoms with van der Waals surface area (Å²) in [6.45, 7) is 10.4. The Hall–Kier alpha value is -2.13. The van der Waals surface area contributed by atoms with E-state index in [-0.39, 0.29) is 18.3 Å². The Morgan fingerprint density at radius 2 is 1.64 bits per heavy atom. The number of rotatable bonds is 8. The van der Waals surface area contributed by atoms with Gasteiger partial charge in [0.15, 0.2) is 0 Å². The number of amides is 2. The van der Waals surface area contributed by atoms with Crippen LogP contribution in [-0.4, -0.2) is 38.1 Å². The Kier molecular flexibility index (Phi) is 8.44. The summed E-state index contributed by atoms with van der Waals surface area (Å²) in [4.78, 5) is 24.0. The quantitative estimate of drug-likeness (QED) is 0.604. The van der Waals surface area contributed by atoms with Crippen LogP contribution in [0, 0.1) is 0 Å². The van der Waals surface area contributed by atoms with Crippen molar-refractivity contribution in [1.82, 2.24) is 15.4 Å². The van der Waals surface area contributed by atoms with Crippen molar-refractivity contribution >= 4 is 22.0 Å². The second-order valence-electron chi connectivity index (χ2n) is 7.89. The molecule has 1 rings (SSSR count). The van der Waals surface area contributed by atoms with Crippen LogP contribution in [0.15, 0.2) is 24.3 Å². The number of ether oxygens (including phenoxy) is 1. The van der Waals surface area contributed by atoms with Crippen LogP contribution in [0.1, 0.15) is 52.7 Å². The van der Waals surface area contributed by atoms with E-state index in [1.807, 2.05) is 0 Å². The highest BCUT2D eigenvalue weighted by molar-refractivity contribution is 7.88. The minimum absolute atomic E-state index is 0.145. The molecule has 0 fully saturated rings. The molecule has 0 spiro atoms. The number of hydrogen-bond acceptors (Lipinski definition) is 5. The first-order valence-electron chi connectivity index (χ1n) is 9.13. The zero-order valence-electron chi connectivity index (χ0n) is 17.3. The van der Waals surface area contributed by atoms with E-state index >= 15 is 0 Å². The van der Waals surface area contributed by atoms with Gasteiger partial charge in [0.05, 0.1) is 5.75 Å². The lowest BCUT2D eigenvalue weighted by atomic mass is 10.1. The molecule has 0 aliphatic heterocycles. The molecule has 0 aliphatic carbocycles. The van der Waals surface area contributed by atoms with Crippen molar-refractivity contribution in [2.45, 2.75) is 71.5 Å². The minimum Gasteiger partial charge on any atom is -0.444 e. The third kappa shape index (κ3) is 9.18. The lowest BCUT2D eigenvalue weighted by molar-refractivity contribution is -0.122. The summed E-state index contributed by atoms with van der Waals surface area (Å²) in [5.74, 6) is -0.577. The largest absolute Gasteiger partial charge is 0.444 e. The average molecular weight is 414 g/mol. The van der Waals surface area contributed by atoms with Gasteiger partial charge in [-0.25, -0.2) is 17.9 Å². The molecular formula is C19H31N3O5S. The highest BCUT2D eigenvalue weighted by Crippen LogP contribution is 2.13. The molecule has 0 saturated carbocycles. The number of carbonyl (C=O) groups excluding carboxylic acids is 2. The van der Waals surface area contributed by atoms with E-state index in [1.165, 1.54) is 0 Å². The van der Waals surface area contributed by atoms with Crippen LogP contribution >= 0.6 is 0 Å². The van der Waals surface area contributed by atoms with Crippen molar-refractivity contribution < 1.29 is 22.7 Å². The molecule has 0 radical (unpaired) electrons. The molecule has 0 aromatic heterocycles. The van der Waals surface area contributed by atoms with Gasteiger partial charge in [0, 0.05) is 12.6 Å². The van der Waals surface area contributed by atoms with E-state index in [0.29, 0.717) is 11.1 Å². The average Bonchev–Trinajstić information content (AvgIpc) is 2.49. The van der Waals surface area contributed by atoms with E-state index in [2.05, 4.69) is 15.4 Å². The molecule has 1 atom stereocenters. The molecule has 1 unspecified atom stereocenters. The first-order chi connectivity index (χ1) is 12.8. The van der Waals surface area contributed by atoms with Crippen LogP contribution in [0.25, 0.3) is 0 Å². The molecule has 0 heterocycles. The lowest BCUT2D eigenvalue weighted by Gasteiger charge is -2.21. The van der Waals surface area contributed by atoms with Gasteiger partial charge in [0.2, 0.25) is 15.9 Å². The van der Waals surface area contributed by atoms with Gasteiger partial charge in [0.1, 0.15) is 11.6 Å². The summed E-state index contributed by atoms with van der Waals surface area (Å²) in [6.07, 6.45) is -0.679. The normalized spacial score (nSPS) is 13.1. The van der Waals surface area contributed by atoms with Crippen LogP contribution in [0.5, 0.6) is 0 Å². The smallest absolute Gasteiger partial charge is 0.408 e. The second kappa shape index (κ2) is 9.88. The maximum atomic E-state index is 12.2. The first kappa shape index (κ1) is 23.9. The van der Waals surface area contributed by atoms with Crippen molar-refractivity contribution in [3.8, 4) is 0 Å². The van der Waals surface area contributed by atoms with Crippen LogP contribution in [-0.2, 0) is 31.9 Å². The van der Waals surface area contributed by atoms with Crippen LogP contribution in [0.4, 0.5) is 4.79 Å². The van der Waals surface area contributed by atoms with E-state index in [1.54, 1.807) is 65.8 Å². The Morgan fingerprint density at radius 1 is 1.07 bits per heavy atom. The first-order valence-corrected chi connectivity index (χ1v) is 10.8.